The van der Waals surface area contributed by atoms with Crippen LogP contribution in [0.1, 0.15) is 75.6 Å². The standard InChI is InChI=1S/C20H33N5O2/c1-2-23-12-14-24(15-13-23)11-9-18(26)25-10-4-3-8-17(25)20-22-21-19(27-20)16-6-5-7-16/h16-17H,2-15H2,1H3. The van der Waals surface area contributed by atoms with Gasteiger partial charge in [-0.15, -0.1) is 10.2 Å². The molecule has 0 N–H and O–H groups in total. The van der Waals surface area contributed by atoms with Crippen molar-refractivity contribution in [1.29, 1.82) is 0 Å². The molecule has 0 spiro atoms. The summed E-state index contributed by atoms with van der Waals surface area (Å²) in [6, 6.07) is -0.0236. The zero-order chi connectivity index (χ0) is 18.6. The predicted octanol–water partition coefficient (Wildman–Crippen LogP) is 2.42. The number of piperidine rings is 1. The molecule has 1 saturated carbocycles. The Kier molecular flexibility index (Phi) is 6.08. The average Bonchev–Trinajstić information content (AvgIpc) is 3.14. The second-order valence-electron chi connectivity index (χ2n) is 8.23. The molecular formula is C20H33N5O2. The molecule has 1 aromatic rings. The van der Waals surface area contributed by atoms with Crippen LogP contribution in [0.2, 0.25) is 0 Å². The molecule has 3 fully saturated rings. The van der Waals surface area contributed by atoms with E-state index in [-0.39, 0.29) is 11.9 Å². The lowest BCUT2D eigenvalue weighted by molar-refractivity contribution is -0.136. The number of carbonyl (C=O) groups is 1. The van der Waals surface area contributed by atoms with Gasteiger partial charge < -0.3 is 19.1 Å². The van der Waals surface area contributed by atoms with E-state index in [2.05, 4.69) is 26.9 Å². The minimum Gasteiger partial charge on any atom is -0.423 e. The maximum atomic E-state index is 13.0. The summed E-state index contributed by atoms with van der Waals surface area (Å²) in [5.41, 5.74) is 0. The van der Waals surface area contributed by atoms with Gasteiger partial charge in [0.2, 0.25) is 17.7 Å². The quantitative estimate of drug-likeness (QED) is 0.761. The van der Waals surface area contributed by atoms with Crippen molar-refractivity contribution in [1.82, 2.24) is 24.9 Å². The molecule has 1 atom stereocenters. The minimum absolute atomic E-state index is 0.0236. The second-order valence-corrected chi connectivity index (χ2v) is 8.23. The van der Waals surface area contributed by atoms with Crippen LogP contribution >= 0.6 is 0 Å². The molecule has 2 saturated heterocycles. The van der Waals surface area contributed by atoms with Gasteiger partial charge in [0.1, 0.15) is 6.04 Å². The van der Waals surface area contributed by atoms with E-state index < -0.39 is 0 Å². The highest BCUT2D eigenvalue weighted by atomic mass is 16.4. The van der Waals surface area contributed by atoms with Crippen molar-refractivity contribution in [3.63, 3.8) is 0 Å². The molecule has 1 unspecified atom stereocenters. The summed E-state index contributed by atoms with van der Waals surface area (Å²) in [5.74, 6) is 2.12. The Hall–Kier alpha value is -1.47. The third kappa shape index (κ3) is 4.35. The lowest BCUT2D eigenvalue weighted by Crippen LogP contribution is -2.47. The number of likely N-dealkylation sites (tertiary alicyclic amines) is 1. The van der Waals surface area contributed by atoms with Gasteiger partial charge in [-0.05, 0) is 38.6 Å². The topological polar surface area (TPSA) is 65.7 Å². The molecular weight excluding hydrogens is 342 g/mol. The molecule has 0 radical (unpaired) electrons. The minimum atomic E-state index is -0.0236. The van der Waals surface area contributed by atoms with E-state index in [1.54, 1.807) is 0 Å². The van der Waals surface area contributed by atoms with Gasteiger partial charge >= 0.3 is 0 Å². The fourth-order valence-corrected chi connectivity index (χ4v) is 4.41. The maximum absolute atomic E-state index is 13.0. The van der Waals surface area contributed by atoms with Crippen LogP contribution in [0.25, 0.3) is 0 Å². The number of hydrogen-bond acceptors (Lipinski definition) is 6. The number of likely N-dealkylation sites (N-methyl/N-ethyl adjacent to an activating group) is 1. The van der Waals surface area contributed by atoms with Crippen LogP contribution in [0.3, 0.4) is 0 Å². The van der Waals surface area contributed by atoms with E-state index in [4.69, 9.17) is 4.42 Å². The van der Waals surface area contributed by atoms with Crippen LogP contribution in [-0.4, -0.2) is 76.6 Å². The number of hydrogen-bond donors (Lipinski definition) is 0. The molecule has 1 aromatic heterocycles. The van der Waals surface area contributed by atoms with Crippen LogP contribution < -0.4 is 0 Å². The number of amides is 1. The van der Waals surface area contributed by atoms with E-state index >= 15 is 0 Å². The van der Waals surface area contributed by atoms with Crippen molar-refractivity contribution >= 4 is 5.91 Å². The van der Waals surface area contributed by atoms with Crippen molar-refractivity contribution in [3.05, 3.63) is 11.8 Å². The van der Waals surface area contributed by atoms with Crippen molar-refractivity contribution in [2.45, 2.75) is 63.8 Å². The van der Waals surface area contributed by atoms with E-state index in [9.17, 15) is 4.79 Å². The molecule has 1 aliphatic carbocycles. The molecule has 150 valence electrons. The zero-order valence-corrected chi connectivity index (χ0v) is 16.6. The van der Waals surface area contributed by atoms with Crippen LogP contribution in [-0.2, 0) is 4.79 Å². The second kappa shape index (κ2) is 8.69. The van der Waals surface area contributed by atoms with Gasteiger partial charge in [-0.25, -0.2) is 0 Å². The van der Waals surface area contributed by atoms with Gasteiger partial charge in [-0.2, -0.15) is 0 Å². The van der Waals surface area contributed by atoms with Crippen molar-refractivity contribution in [2.75, 3.05) is 45.8 Å². The maximum Gasteiger partial charge on any atom is 0.238 e. The monoisotopic (exact) mass is 375 g/mol. The van der Waals surface area contributed by atoms with Gasteiger partial charge in [0, 0.05) is 51.6 Å². The summed E-state index contributed by atoms with van der Waals surface area (Å²) in [6.07, 6.45) is 7.28. The Morgan fingerprint density at radius 2 is 1.70 bits per heavy atom. The van der Waals surface area contributed by atoms with E-state index in [1.165, 1.54) is 6.42 Å². The Morgan fingerprint density at radius 1 is 0.963 bits per heavy atom. The van der Waals surface area contributed by atoms with Gasteiger partial charge in [0.15, 0.2) is 0 Å². The molecule has 27 heavy (non-hydrogen) atoms. The molecule has 7 nitrogen and oxygen atoms in total. The van der Waals surface area contributed by atoms with E-state index in [1.807, 2.05) is 4.90 Å². The fourth-order valence-electron chi connectivity index (χ4n) is 4.41. The number of rotatable bonds is 6. The smallest absolute Gasteiger partial charge is 0.238 e. The molecule has 1 amide bonds. The van der Waals surface area contributed by atoms with Crippen LogP contribution in [0.4, 0.5) is 0 Å². The summed E-state index contributed by atoms with van der Waals surface area (Å²) < 4.78 is 5.99. The first-order valence-electron chi connectivity index (χ1n) is 10.8. The largest absolute Gasteiger partial charge is 0.423 e. The molecule has 7 heteroatoms. The van der Waals surface area contributed by atoms with Gasteiger partial charge in [-0.3, -0.25) is 4.79 Å². The van der Waals surface area contributed by atoms with E-state index in [0.29, 0.717) is 18.2 Å². The highest BCUT2D eigenvalue weighted by Gasteiger charge is 2.33. The lowest BCUT2D eigenvalue weighted by Gasteiger charge is -2.36. The number of piperazine rings is 1. The first-order valence-corrected chi connectivity index (χ1v) is 10.8. The van der Waals surface area contributed by atoms with Crippen LogP contribution in [0.5, 0.6) is 0 Å². The van der Waals surface area contributed by atoms with Crippen LogP contribution in [0.15, 0.2) is 4.42 Å². The van der Waals surface area contributed by atoms with Gasteiger partial charge in [0.05, 0.1) is 0 Å². The normalized spacial score (nSPS) is 25.5. The van der Waals surface area contributed by atoms with Crippen molar-refractivity contribution < 1.29 is 9.21 Å². The summed E-state index contributed by atoms with van der Waals surface area (Å²) in [4.78, 5) is 19.8. The highest BCUT2D eigenvalue weighted by molar-refractivity contribution is 5.76. The van der Waals surface area contributed by atoms with E-state index in [0.717, 1.165) is 83.8 Å². The molecule has 2 aliphatic heterocycles. The Labute approximate surface area is 162 Å². The first-order chi connectivity index (χ1) is 13.2. The third-order valence-electron chi connectivity index (χ3n) is 6.57. The SMILES string of the molecule is CCN1CCN(CCC(=O)N2CCCCC2c2nnc(C3CCC3)o2)CC1. The molecule has 3 aliphatic rings. The Bertz CT molecular complexity index is 622. The zero-order valence-electron chi connectivity index (χ0n) is 16.6. The average molecular weight is 376 g/mol. The summed E-state index contributed by atoms with van der Waals surface area (Å²) >= 11 is 0. The number of carbonyl (C=O) groups excluding carboxylic acids is 1. The summed E-state index contributed by atoms with van der Waals surface area (Å²) in [6.45, 7) is 9.37. The van der Waals surface area contributed by atoms with Crippen molar-refractivity contribution in [2.24, 2.45) is 0 Å². The Balaban J connectivity index is 1.33. The van der Waals surface area contributed by atoms with Crippen molar-refractivity contribution in [3.8, 4) is 0 Å². The summed E-state index contributed by atoms with van der Waals surface area (Å²) in [7, 11) is 0. The molecule has 0 aromatic carbocycles. The van der Waals surface area contributed by atoms with Crippen LogP contribution in [0, 0.1) is 0 Å². The first kappa shape index (κ1) is 18.9. The molecule has 3 heterocycles. The fraction of sp³-hybridized carbons (Fsp3) is 0.850. The molecule has 0 bridgehead atoms. The molecule has 4 rings (SSSR count). The third-order valence-corrected chi connectivity index (χ3v) is 6.57. The number of aromatic nitrogens is 2. The Morgan fingerprint density at radius 3 is 2.41 bits per heavy atom. The van der Waals surface area contributed by atoms with Gasteiger partial charge in [0.25, 0.3) is 0 Å². The highest BCUT2D eigenvalue weighted by Crippen LogP contribution is 2.37. The van der Waals surface area contributed by atoms with Gasteiger partial charge in [-0.1, -0.05) is 13.3 Å². The number of nitrogens with zero attached hydrogens (tertiary/aromatic N) is 5. The predicted molar refractivity (Wildman–Crippen MR) is 102 cm³/mol. The summed E-state index contributed by atoms with van der Waals surface area (Å²) in [5, 5.41) is 8.59. The lowest BCUT2D eigenvalue weighted by atomic mass is 9.85.